The van der Waals surface area contributed by atoms with E-state index in [1.54, 1.807) is 27.4 Å². The summed E-state index contributed by atoms with van der Waals surface area (Å²) in [6, 6.07) is 9.36. The van der Waals surface area contributed by atoms with Crippen molar-refractivity contribution in [2.45, 2.75) is 4.90 Å². The second-order valence-corrected chi connectivity index (χ2v) is 6.26. The third-order valence-electron chi connectivity index (χ3n) is 3.84. The van der Waals surface area contributed by atoms with Crippen LogP contribution in [0.3, 0.4) is 0 Å². The summed E-state index contributed by atoms with van der Waals surface area (Å²) in [5.41, 5.74) is 1.47. The number of fused-ring (bicyclic) bond motifs is 1. The molecule has 1 heterocycles. The summed E-state index contributed by atoms with van der Waals surface area (Å²) in [5, 5.41) is 8.10. The molecule has 0 saturated heterocycles. The lowest BCUT2D eigenvalue weighted by molar-refractivity contribution is 0.376. The van der Waals surface area contributed by atoms with Gasteiger partial charge in [0.2, 0.25) is 0 Å². The standard InChI is InChI=1S/C19H21N3O4S/c1-5-9-20-12-10-15(25-4)17-16(11-12)26-21-19(17)22-27-18-13(23-2)7-6-8-14(18)24-3/h5-8,10-11,20H,1,9H2,2-4H3,(H,21,22). The van der Waals surface area contributed by atoms with E-state index in [0.717, 1.165) is 16.0 Å². The van der Waals surface area contributed by atoms with Crippen molar-refractivity contribution in [3.8, 4) is 17.2 Å². The maximum Gasteiger partial charge on any atom is 0.191 e. The molecule has 0 aliphatic rings. The van der Waals surface area contributed by atoms with Crippen LogP contribution in [-0.2, 0) is 0 Å². The van der Waals surface area contributed by atoms with Crippen molar-refractivity contribution in [1.82, 2.24) is 5.16 Å². The fraction of sp³-hybridized carbons (Fsp3) is 0.211. The summed E-state index contributed by atoms with van der Waals surface area (Å²) >= 11 is 1.33. The van der Waals surface area contributed by atoms with Crippen molar-refractivity contribution in [2.24, 2.45) is 0 Å². The lowest BCUT2D eigenvalue weighted by Crippen LogP contribution is -1.98. The molecule has 0 aliphatic heterocycles. The molecule has 0 spiro atoms. The third-order valence-corrected chi connectivity index (χ3v) is 4.74. The molecule has 0 unspecified atom stereocenters. The Morgan fingerprint density at radius 3 is 2.44 bits per heavy atom. The van der Waals surface area contributed by atoms with Gasteiger partial charge in [0, 0.05) is 24.4 Å². The molecule has 3 rings (SSSR count). The Morgan fingerprint density at radius 2 is 1.81 bits per heavy atom. The first-order valence-corrected chi connectivity index (χ1v) is 8.99. The quantitative estimate of drug-likeness (QED) is 0.408. The fourth-order valence-corrected chi connectivity index (χ4v) is 3.42. The van der Waals surface area contributed by atoms with Crippen molar-refractivity contribution < 1.29 is 18.7 Å². The average Bonchev–Trinajstić information content (AvgIpc) is 3.12. The van der Waals surface area contributed by atoms with E-state index in [0.29, 0.717) is 35.2 Å². The van der Waals surface area contributed by atoms with Crippen LogP contribution >= 0.6 is 11.9 Å². The molecule has 0 radical (unpaired) electrons. The van der Waals surface area contributed by atoms with Gasteiger partial charge in [-0.3, -0.25) is 0 Å². The molecule has 1 aromatic heterocycles. The summed E-state index contributed by atoms with van der Waals surface area (Å²) in [5.74, 6) is 2.59. The van der Waals surface area contributed by atoms with Gasteiger partial charge in [-0.25, -0.2) is 0 Å². The number of benzene rings is 2. The zero-order chi connectivity index (χ0) is 19.2. The van der Waals surface area contributed by atoms with E-state index in [9.17, 15) is 0 Å². The Labute approximate surface area is 161 Å². The highest BCUT2D eigenvalue weighted by molar-refractivity contribution is 8.00. The molecule has 27 heavy (non-hydrogen) atoms. The molecular weight excluding hydrogens is 366 g/mol. The van der Waals surface area contributed by atoms with Crippen molar-refractivity contribution in [1.29, 1.82) is 0 Å². The van der Waals surface area contributed by atoms with Gasteiger partial charge in [-0.2, -0.15) is 0 Å². The molecular formula is C19H21N3O4S. The first kappa shape index (κ1) is 18.8. The van der Waals surface area contributed by atoms with Gasteiger partial charge in [0.1, 0.15) is 27.5 Å². The predicted molar refractivity (Wildman–Crippen MR) is 108 cm³/mol. The van der Waals surface area contributed by atoms with Crippen LogP contribution in [0.15, 0.2) is 52.4 Å². The van der Waals surface area contributed by atoms with Gasteiger partial charge >= 0.3 is 0 Å². The van der Waals surface area contributed by atoms with Crippen LogP contribution in [0, 0.1) is 0 Å². The molecule has 0 aliphatic carbocycles. The Hall–Kier alpha value is -3.00. The average molecular weight is 387 g/mol. The van der Waals surface area contributed by atoms with E-state index < -0.39 is 0 Å². The topological polar surface area (TPSA) is 77.8 Å². The van der Waals surface area contributed by atoms with Crippen LogP contribution in [0.1, 0.15) is 0 Å². The highest BCUT2D eigenvalue weighted by Gasteiger charge is 2.17. The number of nitrogens with one attached hydrogen (secondary N) is 2. The number of hydrogen-bond donors (Lipinski definition) is 2. The lowest BCUT2D eigenvalue weighted by atomic mass is 10.2. The van der Waals surface area contributed by atoms with Crippen LogP contribution in [0.4, 0.5) is 11.5 Å². The monoisotopic (exact) mass is 387 g/mol. The molecule has 0 amide bonds. The van der Waals surface area contributed by atoms with E-state index in [4.69, 9.17) is 18.7 Å². The van der Waals surface area contributed by atoms with Gasteiger partial charge in [-0.15, -0.1) is 6.58 Å². The molecule has 142 valence electrons. The van der Waals surface area contributed by atoms with E-state index in [2.05, 4.69) is 21.8 Å². The molecule has 0 saturated carbocycles. The minimum absolute atomic E-state index is 0.551. The Kier molecular flexibility index (Phi) is 5.97. The largest absolute Gasteiger partial charge is 0.496 e. The van der Waals surface area contributed by atoms with Crippen molar-refractivity contribution in [3.05, 3.63) is 43.0 Å². The number of rotatable bonds is 9. The fourth-order valence-electron chi connectivity index (χ4n) is 2.58. The SMILES string of the molecule is C=CCNc1cc(OC)c2c(NSc3c(OC)cccc3OC)noc2c1. The van der Waals surface area contributed by atoms with E-state index in [1.807, 2.05) is 30.3 Å². The van der Waals surface area contributed by atoms with Crippen molar-refractivity contribution >= 4 is 34.4 Å². The molecule has 0 fully saturated rings. The molecule has 0 atom stereocenters. The molecule has 0 bridgehead atoms. The van der Waals surface area contributed by atoms with Gasteiger partial charge in [0.05, 0.1) is 21.3 Å². The maximum atomic E-state index is 5.52. The van der Waals surface area contributed by atoms with Gasteiger partial charge in [0.25, 0.3) is 0 Å². The van der Waals surface area contributed by atoms with Gasteiger partial charge in [0.15, 0.2) is 11.4 Å². The summed E-state index contributed by atoms with van der Waals surface area (Å²) in [6.07, 6.45) is 1.78. The van der Waals surface area contributed by atoms with Gasteiger partial charge in [-0.05, 0) is 24.1 Å². The van der Waals surface area contributed by atoms with Crippen LogP contribution in [0.25, 0.3) is 11.0 Å². The maximum absolute atomic E-state index is 5.52. The zero-order valence-corrected chi connectivity index (χ0v) is 16.2. The number of nitrogens with zero attached hydrogens (tertiary/aromatic N) is 1. The van der Waals surface area contributed by atoms with Crippen LogP contribution in [0.5, 0.6) is 17.2 Å². The van der Waals surface area contributed by atoms with Gasteiger partial charge < -0.3 is 28.8 Å². The third kappa shape index (κ3) is 3.90. The molecule has 7 nitrogen and oxygen atoms in total. The normalized spacial score (nSPS) is 10.5. The second kappa shape index (κ2) is 8.59. The number of methoxy groups -OCH3 is 3. The number of hydrogen-bond acceptors (Lipinski definition) is 8. The molecule has 2 N–H and O–H groups in total. The van der Waals surface area contributed by atoms with Crippen molar-refractivity contribution in [3.63, 3.8) is 0 Å². The summed E-state index contributed by atoms with van der Waals surface area (Å²) < 4.78 is 25.0. The smallest absolute Gasteiger partial charge is 0.191 e. The molecule has 2 aromatic carbocycles. The van der Waals surface area contributed by atoms with Crippen LogP contribution in [0.2, 0.25) is 0 Å². The number of anilines is 2. The molecule has 3 aromatic rings. The van der Waals surface area contributed by atoms with E-state index in [1.165, 1.54) is 11.9 Å². The summed E-state index contributed by atoms with van der Waals surface area (Å²) in [4.78, 5) is 0.807. The highest BCUT2D eigenvalue weighted by Crippen LogP contribution is 2.41. The van der Waals surface area contributed by atoms with Crippen LogP contribution < -0.4 is 24.2 Å². The number of aromatic nitrogens is 1. The van der Waals surface area contributed by atoms with E-state index >= 15 is 0 Å². The Bertz CT molecular complexity index is 920. The summed E-state index contributed by atoms with van der Waals surface area (Å²) in [6.45, 7) is 4.34. The summed E-state index contributed by atoms with van der Waals surface area (Å²) in [7, 11) is 4.84. The molecule has 8 heteroatoms. The first-order valence-electron chi connectivity index (χ1n) is 8.17. The highest BCUT2D eigenvalue weighted by atomic mass is 32.2. The van der Waals surface area contributed by atoms with Gasteiger partial charge in [-0.1, -0.05) is 17.3 Å². The predicted octanol–water partition coefficient (Wildman–Crippen LogP) is 4.57. The Balaban J connectivity index is 1.91. The minimum Gasteiger partial charge on any atom is -0.496 e. The minimum atomic E-state index is 0.551. The first-order chi connectivity index (χ1) is 13.2. The second-order valence-electron chi connectivity index (χ2n) is 5.45. The number of ether oxygens (including phenoxy) is 3. The van der Waals surface area contributed by atoms with E-state index in [-0.39, 0.29) is 0 Å². The van der Waals surface area contributed by atoms with Crippen molar-refractivity contribution in [2.75, 3.05) is 37.9 Å². The lowest BCUT2D eigenvalue weighted by Gasteiger charge is -2.12. The zero-order valence-electron chi connectivity index (χ0n) is 15.4. The van der Waals surface area contributed by atoms with Crippen LogP contribution in [-0.4, -0.2) is 33.0 Å². The Morgan fingerprint density at radius 1 is 1.11 bits per heavy atom.